The summed E-state index contributed by atoms with van der Waals surface area (Å²) in [5, 5.41) is 1.08. The van der Waals surface area contributed by atoms with Crippen molar-refractivity contribution >= 4 is 63.9 Å². The van der Waals surface area contributed by atoms with Crippen LogP contribution in [0.15, 0.2) is 76.5 Å². The van der Waals surface area contributed by atoms with Crippen molar-refractivity contribution in [2.75, 3.05) is 11.4 Å². The van der Waals surface area contributed by atoms with Crippen LogP contribution in [0, 0.1) is 0 Å². The fraction of sp³-hybridized carbons (Fsp3) is 0.160. The summed E-state index contributed by atoms with van der Waals surface area (Å²) in [5.41, 5.74) is 5.53. The summed E-state index contributed by atoms with van der Waals surface area (Å²) in [7, 11) is 0. The quantitative estimate of drug-likeness (QED) is 0.283. The standard InChI is InChI=1S/C25H19Cl2N3O3S/c1-14(31)15-10-11-21-19(12-15)29(18-8-4-5-9-20(18)34-21)22(32)13-28-30-24(23(27)25(30)33)16-6-2-3-7-17(16)26/h2-12,23-24,28H,13H2,1H3. The van der Waals surface area contributed by atoms with Crippen molar-refractivity contribution in [3.63, 3.8) is 0 Å². The molecule has 3 aromatic carbocycles. The summed E-state index contributed by atoms with van der Waals surface area (Å²) >= 11 is 14.2. The minimum absolute atomic E-state index is 0.0842. The maximum absolute atomic E-state index is 13.5. The molecule has 0 saturated carbocycles. The molecule has 2 heterocycles. The average Bonchev–Trinajstić information content (AvgIpc) is 2.84. The van der Waals surface area contributed by atoms with Gasteiger partial charge in [-0.3, -0.25) is 24.3 Å². The number of rotatable bonds is 5. The first-order valence-electron chi connectivity index (χ1n) is 10.6. The van der Waals surface area contributed by atoms with Crippen LogP contribution in [0.3, 0.4) is 0 Å². The molecule has 0 aliphatic carbocycles. The molecular formula is C25H19Cl2N3O3S. The van der Waals surface area contributed by atoms with Crippen molar-refractivity contribution in [2.24, 2.45) is 0 Å². The van der Waals surface area contributed by atoms with Crippen molar-refractivity contribution in [1.29, 1.82) is 0 Å². The second-order valence-corrected chi connectivity index (χ2v) is 9.91. The van der Waals surface area contributed by atoms with E-state index in [2.05, 4.69) is 5.43 Å². The Labute approximate surface area is 210 Å². The number of halogens is 2. The van der Waals surface area contributed by atoms with Gasteiger partial charge in [0.2, 0.25) is 5.91 Å². The van der Waals surface area contributed by atoms with Crippen LogP contribution >= 0.6 is 35.0 Å². The molecule has 6 nitrogen and oxygen atoms in total. The Bertz CT molecular complexity index is 1330. The summed E-state index contributed by atoms with van der Waals surface area (Å²) in [6.07, 6.45) is 0. The predicted octanol–water partition coefficient (Wildman–Crippen LogP) is 5.37. The Morgan fingerprint density at radius 1 is 1.00 bits per heavy atom. The first kappa shape index (κ1) is 22.9. The van der Waals surface area contributed by atoms with Gasteiger partial charge in [0.25, 0.3) is 5.91 Å². The first-order chi connectivity index (χ1) is 16.4. The third kappa shape index (κ3) is 3.88. The van der Waals surface area contributed by atoms with Gasteiger partial charge in [0, 0.05) is 20.4 Å². The number of carbonyl (C=O) groups excluding carboxylic acids is 3. The second-order valence-electron chi connectivity index (χ2n) is 7.95. The fourth-order valence-electron chi connectivity index (χ4n) is 4.12. The van der Waals surface area contributed by atoms with Crippen molar-refractivity contribution in [2.45, 2.75) is 28.1 Å². The molecule has 34 heavy (non-hydrogen) atoms. The highest BCUT2D eigenvalue weighted by Crippen LogP contribution is 2.48. The summed E-state index contributed by atoms with van der Waals surface area (Å²) in [5.74, 6) is -0.689. The molecule has 0 aromatic heterocycles. The Hall–Kier alpha value is -2.84. The number of carbonyl (C=O) groups is 3. The van der Waals surface area contributed by atoms with Gasteiger partial charge < -0.3 is 0 Å². The number of β-lactam (4-membered cyclic amide) rings is 1. The number of hydrogen-bond acceptors (Lipinski definition) is 5. The zero-order valence-electron chi connectivity index (χ0n) is 18.0. The van der Waals surface area contributed by atoms with Crippen molar-refractivity contribution in [1.82, 2.24) is 10.4 Å². The van der Waals surface area contributed by atoms with Gasteiger partial charge in [-0.25, -0.2) is 5.43 Å². The highest BCUT2D eigenvalue weighted by molar-refractivity contribution is 7.99. The van der Waals surface area contributed by atoms with Crippen LogP contribution in [0.25, 0.3) is 0 Å². The molecule has 2 amide bonds. The third-order valence-corrected chi connectivity index (χ3v) is 7.73. The van der Waals surface area contributed by atoms with Crippen LogP contribution in [-0.4, -0.2) is 34.5 Å². The smallest absolute Gasteiger partial charge is 0.257 e. The molecule has 2 unspecified atom stereocenters. The SMILES string of the molecule is CC(=O)c1ccc2c(c1)N(C(=O)CNN1C(=O)C(Cl)C1c1ccccc1Cl)c1ccccc1S2. The number of benzene rings is 3. The molecule has 3 aromatic rings. The number of Topliss-reactive ketones (excluding diaryl/α,β-unsaturated/α-hetero) is 1. The highest BCUT2D eigenvalue weighted by atomic mass is 35.5. The maximum atomic E-state index is 13.5. The van der Waals surface area contributed by atoms with Crippen LogP contribution in [0.5, 0.6) is 0 Å². The van der Waals surface area contributed by atoms with Crippen molar-refractivity contribution in [3.8, 4) is 0 Å². The molecule has 9 heteroatoms. The molecule has 2 atom stereocenters. The topological polar surface area (TPSA) is 69.7 Å². The highest BCUT2D eigenvalue weighted by Gasteiger charge is 2.48. The molecule has 172 valence electrons. The Balaban J connectivity index is 1.43. The molecule has 0 bridgehead atoms. The van der Waals surface area contributed by atoms with Gasteiger partial charge in [-0.2, -0.15) is 0 Å². The van der Waals surface area contributed by atoms with Crippen LogP contribution in [0.1, 0.15) is 28.9 Å². The van der Waals surface area contributed by atoms with E-state index in [0.29, 0.717) is 21.8 Å². The van der Waals surface area contributed by atoms with Crippen LogP contribution < -0.4 is 10.3 Å². The predicted molar refractivity (Wildman–Crippen MR) is 133 cm³/mol. The van der Waals surface area contributed by atoms with Gasteiger partial charge in [-0.15, -0.1) is 11.6 Å². The summed E-state index contributed by atoms with van der Waals surface area (Å²) < 4.78 is 0. The molecular weight excluding hydrogens is 493 g/mol. The van der Waals surface area contributed by atoms with E-state index < -0.39 is 11.4 Å². The molecule has 5 rings (SSSR count). The number of para-hydroxylation sites is 1. The van der Waals surface area contributed by atoms with Crippen molar-refractivity contribution < 1.29 is 14.4 Å². The Kier molecular flexibility index (Phi) is 6.12. The largest absolute Gasteiger partial charge is 0.295 e. The van der Waals surface area contributed by atoms with E-state index in [1.54, 1.807) is 40.9 Å². The van der Waals surface area contributed by atoms with Crippen molar-refractivity contribution in [3.05, 3.63) is 82.9 Å². The Morgan fingerprint density at radius 3 is 2.47 bits per heavy atom. The average molecular weight is 512 g/mol. The fourth-order valence-corrected chi connectivity index (χ4v) is 5.76. The number of anilines is 2. The lowest BCUT2D eigenvalue weighted by Crippen LogP contribution is -2.63. The van der Waals surface area contributed by atoms with Gasteiger partial charge in [-0.1, -0.05) is 59.8 Å². The molecule has 2 aliphatic rings. The third-order valence-electron chi connectivity index (χ3n) is 5.84. The Morgan fingerprint density at radius 2 is 1.71 bits per heavy atom. The van der Waals surface area contributed by atoms with E-state index in [-0.39, 0.29) is 24.1 Å². The number of amides is 2. The summed E-state index contributed by atoms with van der Waals surface area (Å²) in [4.78, 5) is 41.4. The number of nitrogens with zero attached hydrogens (tertiary/aromatic N) is 2. The summed E-state index contributed by atoms with van der Waals surface area (Å²) in [6, 6.07) is 19.6. The van der Waals surface area contributed by atoms with Crippen LogP contribution in [-0.2, 0) is 9.59 Å². The molecule has 1 N–H and O–H groups in total. The zero-order valence-corrected chi connectivity index (χ0v) is 20.3. The second kappa shape index (κ2) is 9.07. The lowest BCUT2D eigenvalue weighted by molar-refractivity contribution is -0.151. The maximum Gasteiger partial charge on any atom is 0.257 e. The van der Waals surface area contributed by atoms with Gasteiger partial charge in [0.1, 0.15) is 11.4 Å². The van der Waals surface area contributed by atoms with E-state index in [1.807, 2.05) is 42.5 Å². The van der Waals surface area contributed by atoms with E-state index >= 15 is 0 Å². The first-order valence-corrected chi connectivity index (χ1v) is 12.2. The molecule has 0 spiro atoms. The number of hydrazine groups is 1. The summed E-state index contributed by atoms with van der Waals surface area (Å²) in [6.45, 7) is 1.34. The van der Waals surface area contributed by atoms with E-state index in [1.165, 1.54) is 11.9 Å². The zero-order chi connectivity index (χ0) is 24.0. The van der Waals surface area contributed by atoms with Gasteiger partial charge >= 0.3 is 0 Å². The van der Waals surface area contributed by atoms with E-state index in [4.69, 9.17) is 23.2 Å². The molecule has 1 fully saturated rings. The van der Waals surface area contributed by atoms with Gasteiger partial charge in [0.05, 0.1) is 17.9 Å². The number of hydrogen-bond donors (Lipinski definition) is 1. The number of nitrogens with one attached hydrogen (secondary N) is 1. The minimum atomic E-state index is -0.770. The molecule has 0 radical (unpaired) electrons. The molecule has 1 saturated heterocycles. The monoisotopic (exact) mass is 511 g/mol. The normalized spacial score (nSPS) is 18.7. The van der Waals surface area contributed by atoms with E-state index in [0.717, 1.165) is 15.5 Å². The number of ketones is 1. The van der Waals surface area contributed by atoms with Gasteiger partial charge in [-0.05, 0) is 42.8 Å². The lowest BCUT2D eigenvalue weighted by Gasteiger charge is -2.44. The van der Waals surface area contributed by atoms with Crippen LogP contribution in [0.2, 0.25) is 5.02 Å². The van der Waals surface area contributed by atoms with E-state index in [9.17, 15) is 14.4 Å². The number of fused-ring (bicyclic) bond motifs is 2. The number of alkyl halides is 1. The minimum Gasteiger partial charge on any atom is -0.295 e. The molecule has 2 aliphatic heterocycles. The van der Waals surface area contributed by atoms with Crippen LogP contribution in [0.4, 0.5) is 11.4 Å². The van der Waals surface area contributed by atoms with Gasteiger partial charge in [0.15, 0.2) is 5.78 Å². The lowest BCUT2D eigenvalue weighted by atomic mass is 9.95.